The van der Waals surface area contributed by atoms with Crippen LogP contribution in [0.5, 0.6) is 11.5 Å². The van der Waals surface area contributed by atoms with Crippen molar-refractivity contribution in [1.82, 2.24) is 4.90 Å². The fourth-order valence-corrected chi connectivity index (χ4v) is 4.48. The lowest BCUT2D eigenvalue weighted by Gasteiger charge is -2.13. The molecule has 0 bridgehead atoms. The van der Waals surface area contributed by atoms with Gasteiger partial charge in [-0.25, -0.2) is 0 Å². The summed E-state index contributed by atoms with van der Waals surface area (Å²) in [6, 6.07) is 15.3. The van der Waals surface area contributed by atoms with Crippen molar-refractivity contribution in [3.8, 4) is 11.5 Å². The van der Waals surface area contributed by atoms with Gasteiger partial charge in [0, 0.05) is 17.7 Å². The normalized spacial score (nSPS) is 14.8. The number of rotatable bonds is 8. The molecule has 3 aromatic carbocycles. The van der Waals surface area contributed by atoms with Gasteiger partial charge in [0.2, 0.25) is 0 Å². The molecule has 4 rings (SSSR count). The summed E-state index contributed by atoms with van der Waals surface area (Å²) in [5.41, 5.74) is 1.26. The highest BCUT2D eigenvalue weighted by atomic mass is 32.2. The summed E-state index contributed by atoms with van der Waals surface area (Å²) in [5.74, 6) is 0.879. The Hall–Kier alpha value is -3.85. The first-order valence-electron chi connectivity index (χ1n) is 10.7. The minimum absolute atomic E-state index is 0.0301. The molecule has 0 unspecified atom stereocenters. The number of nitro benzene ring substituents is 1. The van der Waals surface area contributed by atoms with Gasteiger partial charge in [0.05, 0.1) is 29.6 Å². The number of fused-ring (bicyclic) bond motifs is 1. The van der Waals surface area contributed by atoms with Crippen LogP contribution in [-0.2, 0) is 11.3 Å². The Bertz CT molecular complexity index is 1300. The molecule has 1 fully saturated rings. The third kappa shape index (κ3) is 4.74. The van der Waals surface area contributed by atoms with Crippen LogP contribution in [0.1, 0.15) is 25.0 Å². The van der Waals surface area contributed by atoms with Crippen LogP contribution >= 0.6 is 11.8 Å². The van der Waals surface area contributed by atoms with E-state index in [9.17, 15) is 19.7 Å². The van der Waals surface area contributed by atoms with E-state index in [4.69, 9.17) is 9.47 Å². The Morgan fingerprint density at radius 3 is 2.38 bits per heavy atom. The SMILES string of the molecule is CCOc1ccc2ccc(OCC)c(/C=C3\SC(=O)N(Cc4ccc([N+](=O)[O-])cc4)C3=O)c2c1. The van der Waals surface area contributed by atoms with Gasteiger partial charge in [-0.3, -0.25) is 24.6 Å². The second-order valence-electron chi connectivity index (χ2n) is 7.42. The molecule has 1 heterocycles. The molecular weight excluding hydrogens is 456 g/mol. The summed E-state index contributed by atoms with van der Waals surface area (Å²) in [7, 11) is 0. The van der Waals surface area contributed by atoms with Crippen LogP contribution in [0.15, 0.2) is 59.5 Å². The van der Waals surface area contributed by atoms with Crippen molar-refractivity contribution in [3.63, 3.8) is 0 Å². The summed E-state index contributed by atoms with van der Waals surface area (Å²) >= 11 is 0.857. The minimum atomic E-state index is -0.496. The number of benzene rings is 3. The van der Waals surface area contributed by atoms with Crippen LogP contribution in [0.3, 0.4) is 0 Å². The molecule has 0 N–H and O–H groups in total. The zero-order chi connectivity index (χ0) is 24.2. The number of carbonyl (C=O) groups is 2. The number of carbonyl (C=O) groups excluding carboxylic acids is 2. The fourth-order valence-electron chi connectivity index (χ4n) is 3.66. The molecule has 3 aromatic rings. The number of imide groups is 1. The number of hydrogen-bond acceptors (Lipinski definition) is 7. The van der Waals surface area contributed by atoms with Crippen molar-refractivity contribution < 1.29 is 24.0 Å². The van der Waals surface area contributed by atoms with Crippen molar-refractivity contribution >= 4 is 45.4 Å². The van der Waals surface area contributed by atoms with E-state index in [1.54, 1.807) is 6.08 Å². The summed E-state index contributed by atoms with van der Waals surface area (Å²) in [6.45, 7) is 4.78. The van der Waals surface area contributed by atoms with Gasteiger partial charge in [0.25, 0.3) is 16.8 Å². The molecule has 1 aliphatic heterocycles. The van der Waals surface area contributed by atoms with E-state index in [2.05, 4.69) is 0 Å². The van der Waals surface area contributed by atoms with Gasteiger partial charge in [-0.1, -0.05) is 24.3 Å². The highest BCUT2D eigenvalue weighted by Crippen LogP contribution is 2.38. The van der Waals surface area contributed by atoms with E-state index in [0.29, 0.717) is 35.8 Å². The summed E-state index contributed by atoms with van der Waals surface area (Å²) in [5, 5.41) is 12.3. The molecule has 0 aliphatic carbocycles. The van der Waals surface area contributed by atoms with Crippen LogP contribution in [-0.4, -0.2) is 34.2 Å². The first-order valence-corrected chi connectivity index (χ1v) is 11.5. The lowest BCUT2D eigenvalue weighted by Crippen LogP contribution is -2.27. The molecule has 0 saturated carbocycles. The molecule has 1 saturated heterocycles. The molecule has 2 amide bonds. The maximum absolute atomic E-state index is 13.1. The summed E-state index contributed by atoms with van der Waals surface area (Å²) < 4.78 is 11.5. The highest BCUT2D eigenvalue weighted by molar-refractivity contribution is 8.18. The second kappa shape index (κ2) is 9.96. The molecule has 0 spiro atoms. The van der Waals surface area contributed by atoms with E-state index in [1.807, 2.05) is 44.2 Å². The van der Waals surface area contributed by atoms with Crippen molar-refractivity contribution in [2.45, 2.75) is 20.4 Å². The maximum Gasteiger partial charge on any atom is 0.293 e. The molecule has 9 heteroatoms. The smallest absolute Gasteiger partial charge is 0.293 e. The predicted molar refractivity (Wildman–Crippen MR) is 131 cm³/mol. The monoisotopic (exact) mass is 478 g/mol. The van der Waals surface area contributed by atoms with Gasteiger partial charge in [0.15, 0.2) is 0 Å². The standard InChI is InChI=1S/C25H22N2O6S/c1-3-32-19-11-7-17-8-12-22(33-4-2)21(20(17)13-19)14-23-24(28)26(25(29)34-23)15-16-5-9-18(10-6-16)27(30)31/h5-14H,3-4,15H2,1-2H3/b23-14-. The molecule has 174 valence electrons. The molecule has 34 heavy (non-hydrogen) atoms. The molecule has 1 aliphatic rings. The van der Waals surface area contributed by atoms with Gasteiger partial charge in [-0.05, 0) is 66.2 Å². The minimum Gasteiger partial charge on any atom is -0.494 e. The molecule has 0 aromatic heterocycles. The quantitative estimate of drug-likeness (QED) is 0.230. The third-order valence-electron chi connectivity index (χ3n) is 5.24. The summed E-state index contributed by atoms with van der Waals surface area (Å²) in [4.78, 5) is 37.5. The van der Waals surface area contributed by atoms with Gasteiger partial charge in [-0.2, -0.15) is 0 Å². The van der Waals surface area contributed by atoms with Crippen LogP contribution in [0.25, 0.3) is 16.8 Å². The zero-order valence-corrected chi connectivity index (χ0v) is 19.5. The molecule has 0 radical (unpaired) electrons. The Kier molecular flexibility index (Phi) is 6.83. The molecular formula is C25H22N2O6S. The summed E-state index contributed by atoms with van der Waals surface area (Å²) in [6.07, 6.45) is 1.68. The lowest BCUT2D eigenvalue weighted by molar-refractivity contribution is -0.384. The topological polar surface area (TPSA) is 99.0 Å². The largest absolute Gasteiger partial charge is 0.494 e. The zero-order valence-electron chi connectivity index (χ0n) is 18.6. The second-order valence-corrected chi connectivity index (χ2v) is 8.41. The predicted octanol–water partition coefficient (Wildman–Crippen LogP) is 5.78. The number of nitrogens with zero attached hydrogens (tertiary/aromatic N) is 2. The van der Waals surface area contributed by atoms with Crippen LogP contribution in [0.2, 0.25) is 0 Å². The van der Waals surface area contributed by atoms with Crippen molar-refractivity contribution in [3.05, 3.63) is 80.7 Å². The van der Waals surface area contributed by atoms with Gasteiger partial charge in [0.1, 0.15) is 11.5 Å². The first-order chi connectivity index (χ1) is 16.4. The number of ether oxygens (including phenoxy) is 2. The number of non-ortho nitro benzene ring substituents is 1. The maximum atomic E-state index is 13.1. The Balaban J connectivity index is 1.69. The van der Waals surface area contributed by atoms with Crippen LogP contribution in [0.4, 0.5) is 10.5 Å². The van der Waals surface area contributed by atoms with Gasteiger partial charge < -0.3 is 9.47 Å². The average Bonchev–Trinajstić information content (AvgIpc) is 3.08. The Morgan fingerprint density at radius 2 is 1.71 bits per heavy atom. The number of thioether (sulfide) groups is 1. The lowest BCUT2D eigenvalue weighted by atomic mass is 10.0. The number of hydrogen-bond donors (Lipinski definition) is 0. The van der Waals surface area contributed by atoms with Gasteiger partial charge in [-0.15, -0.1) is 0 Å². The Morgan fingerprint density at radius 1 is 1.00 bits per heavy atom. The van der Waals surface area contributed by atoms with Crippen molar-refractivity contribution in [2.24, 2.45) is 0 Å². The molecule has 0 atom stereocenters. The van der Waals surface area contributed by atoms with E-state index in [-0.39, 0.29) is 17.1 Å². The van der Waals surface area contributed by atoms with Crippen molar-refractivity contribution in [1.29, 1.82) is 0 Å². The fraction of sp³-hybridized carbons (Fsp3) is 0.200. The van der Waals surface area contributed by atoms with Crippen LogP contribution in [0, 0.1) is 10.1 Å². The van der Waals surface area contributed by atoms with E-state index in [0.717, 1.165) is 27.4 Å². The first kappa shape index (κ1) is 23.3. The van der Waals surface area contributed by atoms with Gasteiger partial charge >= 0.3 is 0 Å². The van der Waals surface area contributed by atoms with E-state index < -0.39 is 16.1 Å². The molecule has 8 nitrogen and oxygen atoms in total. The van der Waals surface area contributed by atoms with E-state index in [1.165, 1.54) is 24.3 Å². The Labute approximate surface area is 200 Å². The third-order valence-corrected chi connectivity index (χ3v) is 6.15. The van der Waals surface area contributed by atoms with Crippen LogP contribution < -0.4 is 9.47 Å². The number of amides is 2. The van der Waals surface area contributed by atoms with Crippen molar-refractivity contribution in [2.75, 3.05) is 13.2 Å². The highest BCUT2D eigenvalue weighted by Gasteiger charge is 2.35. The van der Waals surface area contributed by atoms with E-state index >= 15 is 0 Å². The average molecular weight is 479 g/mol. The number of nitro groups is 1.